The van der Waals surface area contributed by atoms with E-state index in [9.17, 15) is 9.59 Å². The van der Waals surface area contributed by atoms with E-state index in [1.54, 1.807) is 0 Å². The smallest absolute Gasteiger partial charge is 0.269 e. The molecule has 1 rings (SSSR count). The highest BCUT2D eigenvalue weighted by Crippen LogP contribution is 2.21. The molecule has 12 heavy (non-hydrogen) atoms. The van der Waals surface area contributed by atoms with Crippen molar-refractivity contribution in [3.8, 4) is 0 Å². The Morgan fingerprint density at radius 3 is 2.25 bits per heavy atom. The number of nitrogens with two attached hydrogens (primary N) is 2. The van der Waals surface area contributed by atoms with Gasteiger partial charge >= 0.3 is 0 Å². The summed E-state index contributed by atoms with van der Waals surface area (Å²) in [4.78, 5) is 24.8. The van der Waals surface area contributed by atoms with E-state index >= 15 is 0 Å². The number of primary amides is 2. The molecule has 0 saturated heterocycles. The maximum Gasteiger partial charge on any atom is 0.269 e. The zero-order chi connectivity index (χ0) is 9.30. The first-order valence-corrected chi connectivity index (χ1v) is 3.97. The van der Waals surface area contributed by atoms with Crippen LogP contribution in [0.15, 0.2) is 0 Å². The highest BCUT2D eigenvalue weighted by atomic mass is 35.5. The minimum Gasteiger partial charge on any atom is -0.365 e. The molecule has 0 unspecified atom stereocenters. The zero-order valence-corrected chi connectivity index (χ0v) is 7.28. The summed E-state index contributed by atoms with van der Waals surface area (Å²) in [6, 6.07) is 0. The lowest BCUT2D eigenvalue weighted by molar-refractivity contribution is 0.0967. The normalized spacial score (nSPS) is 9.75. The van der Waals surface area contributed by atoms with Gasteiger partial charge in [-0.3, -0.25) is 9.59 Å². The number of aromatic nitrogens is 1. The van der Waals surface area contributed by atoms with Crippen LogP contribution in [-0.4, -0.2) is 16.8 Å². The Morgan fingerprint density at radius 1 is 1.33 bits per heavy atom. The average molecular weight is 206 g/mol. The fourth-order valence-electron chi connectivity index (χ4n) is 0.628. The van der Waals surface area contributed by atoms with Crippen LogP contribution in [0.4, 0.5) is 0 Å². The minimum atomic E-state index is -0.813. The predicted octanol–water partition coefficient (Wildman–Crippen LogP) is -0.00570. The van der Waals surface area contributed by atoms with Gasteiger partial charge in [0.15, 0.2) is 10.2 Å². The summed E-state index contributed by atoms with van der Waals surface area (Å²) in [6.45, 7) is 0. The van der Waals surface area contributed by atoms with Gasteiger partial charge in [-0.2, -0.15) is 0 Å². The first-order chi connectivity index (χ1) is 5.52. The second kappa shape index (κ2) is 3.08. The van der Waals surface area contributed by atoms with Crippen molar-refractivity contribution in [2.24, 2.45) is 11.5 Å². The Morgan fingerprint density at radius 2 is 1.92 bits per heavy atom. The van der Waals surface area contributed by atoms with Gasteiger partial charge < -0.3 is 11.5 Å². The zero-order valence-electron chi connectivity index (χ0n) is 5.70. The van der Waals surface area contributed by atoms with Gasteiger partial charge in [0.05, 0.1) is 0 Å². The lowest BCUT2D eigenvalue weighted by Gasteiger charge is -1.89. The Labute approximate surface area is 76.3 Å². The van der Waals surface area contributed by atoms with E-state index in [4.69, 9.17) is 23.1 Å². The van der Waals surface area contributed by atoms with E-state index in [0.717, 1.165) is 11.3 Å². The number of rotatable bonds is 2. The molecule has 0 aliphatic carbocycles. The fourth-order valence-corrected chi connectivity index (χ4v) is 1.59. The molecule has 5 nitrogen and oxygen atoms in total. The number of carbonyl (C=O) groups excluding carboxylic acids is 2. The number of thiazole rings is 1. The van der Waals surface area contributed by atoms with Gasteiger partial charge in [0.2, 0.25) is 0 Å². The van der Waals surface area contributed by atoms with Crippen molar-refractivity contribution < 1.29 is 9.59 Å². The highest BCUT2D eigenvalue weighted by Gasteiger charge is 2.18. The molecule has 1 heterocycles. The first kappa shape index (κ1) is 8.95. The van der Waals surface area contributed by atoms with E-state index < -0.39 is 11.8 Å². The van der Waals surface area contributed by atoms with Crippen LogP contribution in [0.1, 0.15) is 20.2 Å². The number of amides is 2. The Kier molecular flexibility index (Phi) is 2.30. The molecule has 0 radical (unpaired) electrons. The van der Waals surface area contributed by atoms with Crippen LogP contribution in [0.2, 0.25) is 4.47 Å². The van der Waals surface area contributed by atoms with Crippen LogP contribution >= 0.6 is 22.9 Å². The summed E-state index contributed by atoms with van der Waals surface area (Å²) in [5, 5.41) is 0. The molecule has 64 valence electrons. The number of halogens is 1. The van der Waals surface area contributed by atoms with Gasteiger partial charge in [0, 0.05) is 0 Å². The molecule has 0 bridgehead atoms. The first-order valence-electron chi connectivity index (χ1n) is 2.78. The van der Waals surface area contributed by atoms with E-state index in [2.05, 4.69) is 4.98 Å². The number of hydrogen-bond acceptors (Lipinski definition) is 4. The molecule has 0 fully saturated rings. The van der Waals surface area contributed by atoms with Crippen molar-refractivity contribution in [1.29, 1.82) is 0 Å². The standard InChI is InChI=1S/C5H4ClN3O2S/c6-5-9-1(3(7)10)2(12-5)4(8)11/h(H2,7,10)(H2,8,11). The largest absolute Gasteiger partial charge is 0.365 e. The molecule has 0 aliphatic heterocycles. The molecule has 0 spiro atoms. The van der Waals surface area contributed by atoms with Crippen LogP contribution in [0.3, 0.4) is 0 Å². The molecule has 7 heteroatoms. The third kappa shape index (κ3) is 1.54. The monoisotopic (exact) mass is 205 g/mol. The molecule has 0 aliphatic rings. The van der Waals surface area contributed by atoms with E-state index in [1.165, 1.54) is 0 Å². The quantitative estimate of drug-likeness (QED) is 0.711. The summed E-state index contributed by atoms with van der Waals surface area (Å²) in [5.74, 6) is -1.57. The average Bonchev–Trinajstić information content (AvgIpc) is 2.31. The molecule has 4 N–H and O–H groups in total. The summed E-state index contributed by atoms with van der Waals surface area (Å²) < 4.78 is 0.0672. The van der Waals surface area contributed by atoms with Crippen LogP contribution in [-0.2, 0) is 0 Å². The van der Waals surface area contributed by atoms with Crippen molar-refractivity contribution in [1.82, 2.24) is 4.98 Å². The number of nitrogens with zero attached hydrogens (tertiary/aromatic N) is 1. The maximum atomic E-state index is 10.7. The lowest BCUT2D eigenvalue weighted by Crippen LogP contribution is -2.19. The minimum absolute atomic E-state index is 0.00694. The third-order valence-electron chi connectivity index (χ3n) is 1.06. The van der Waals surface area contributed by atoms with Crippen molar-refractivity contribution >= 4 is 34.8 Å². The molecular formula is C5H4ClN3O2S. The van der Waals surface area contributed by atoms with Crippen LogP contribution in [0, 0.1) is 0 Å². The molecule has 0 saturated carbocycles. The lowest BCUT2D eigenvalue weighted by atomic mass is 10.3. The van der Waals surface area contributed by atoms with Crippen LogP contribution in [0.25, 0.3) is 0 Å². The molecule has 0 atom stereocenters. The van der Waals surface area contributed by atoms with Gasteiger partial charge in [-0.25, -0.2) is 4.98 Å². The molecule has 1 aromatic rings. The van der Waals surface area contributed by atoms with E-state index in [-0.39, 0.29) is 15.0 Å². The van der Waals surface area contributed by atoms with Crippen LogP contribution in [0.5, 0.6) is 0 Å². The SMILES string of the molecule is NC(=O)c1nc(Cl)sc1C(N)=O. The highest BCUT2D eigenvalue weighted by molar-refractivity contribution is 7.17. The van der Waals surface area contributed by atoms with Gasteiger partial charge in [0.1, 0.15) is 4.88 Å². The molecule has 1 aromatic heterocycles. The van der Waals surface area contributed by atoms with Gasteiger partial charge in [0.25, 0.3) is 11.8 Å². The van der Waals surface area contributed by atoms with Gasteiger partial charge in [-0.15, -0.1) is 0 Å². The van der Waals surface area contributed by atoms with Crippen molar-refractivity contribution in [2.45, 2.75) is 0 Å². The van der Waals surface area contributed by atoms with E-state index in [0.29, 0.717) is 0 Å². The molecule has 0 aromatic carbocycles. The third-order valence-corrected chi connectivity index (χ3v) is 2.23. The van der Waals surface area contributed by atoms with Crippen LogP contribution < -0.4 is 11.5 Å². The summed E-state index contributed by atoms with van der Waals surface area (Å²) in [7, 11) is 0. The fraction of sp³-hybridized carbons (Fsp3) is 0. The summed E-state index contributed by atoms with van der Waals surface area (Å²) >= 11 is 6.28. The second-order valence-electron chi connectivity index (χ2n) is 1.87. The van der Waals surface area contributed by atoms with E-state index in [1.807, 2.05) is 0 Å². The van der Waals surface area contributed by atoms with Gasteiger partial charge in [-0.1, -0.05) is 22.9 Å². The van der Waals surface area contributed by atoms with Gasteiger partial charge in [-0.05, 0) is 0 Å². The number of hydrogen-bond donors (Lipinski definition) is 2. The van der Waals surface area contributed by atoms with Crippen molar-refractivity contribution in [3.05, 3.63) is 15.0 Å². The second-order valence-corrected chi connectivity index (χ2v) is 3.45. The topological polar surface area (TPSA) is 99.1 Å². The molecule has 2 amide bonds. The number of carbonyl (C=O) groups is 2. The maximum absolute atomic E-state index is 10.7. The Bertz CT molecular complexity index is 317. The predicted molar refractivity (Wildman–Crippen MR) is 44.2 cm³/mol. The molecular weight excluding hydrogens is 202 g/mol. The Hall–Kier alpha value is -1.14. The Balaban J connectivity index is 3.26. The van der Waals surface area contributed by atoms with Crippen molar-refractivity contribution in [2.75, 3.05) is 0 Å². The van der Waals surface area contributed by atoms with Crippen molar-refractivity contribution in [3.63, 3.8) is 0 Å². The summed E-state index contributed by atoms with van der Waals surface area (Å²) in [6.07, 6.45) is 0. The summed E-state index contributed by atoms with van der Waals surface area (Å²) in [5.41, 5.74) is 9.67.